The lowest BCUT2D eigenvalue weighted by Crippen LogP contribution is -1.94. The topological polar surface area (TPSA) is 49.8 Å². The number of ether oxygens (including phenoxy) is 4. The molecule has 2 heterocycles. The number of hydrogen-bond acceptors (Lipinski definition) is 5. The van der Waals surface area contributed by atoms with Crippen LogP contribution in [0.5, 0.6) is 23.0 Å². The third kappa shape index (κ3) is 1.49. The Morgan fingerprint density at radius 1 is 1.00 bits per heavy atom. The zero-order valence-corrected chi connectivity index (χ0v) is 12.7. The van der Waals surface area contributed by atoms with Gasteiger partial charge in [0, 0.05) is 22.7 Å². The van der Waals surface area contributed by atoms with E-state index >= 15 is 0 Å². The van der Waals surface area contributed by atoms with Crippen LogP contribution in [0.3, 0.4) is 0 Å². The minimum atomic E-state index is 0.248. The summed E-state index contributed by atoms with van der Waals surface area (Å²) in [6.07, 6.45) is 1.81. The first-order chi connectivity index (χ1) is 11.3. The molecule has 0 bridgehead atoms. The van der Waals surface area contributed by atoms with Gasteiger partial charge < -0.3 is 18.9 Å². The molecule has 0 saturated carbocycles. The highest BCUT2D eigenvalue weighted by atomic mass is 16.7. The van der Waals surface area contributed by atoms with Crippen LogP contribution < -0.4 is 18.9 Å². The van der Waals surface area contributed by atoms with Crippen molar-refractivity contribution in [2.24, 2.45) is 0 Å². The van der Waals surface area contributed by atoms with Crippen molar-refractivity contribution in [3.05, 3.63) is 30.5 Å². The number of benzene rings is 2. The van der Waals surface area contributed by atoms with E-state index in [0.717, 1.165) is 44.7 Å². The second kappa shape index (κ2) is 4.29. The standard InChI is InChI=1S/C18H13NO4/c1-20-14-5-9-3-4-19-17-11-7-13-12(22-8-23-13)6-10(11)16(15(9)17)18(14)21-2/h3-7H,8H2,1-2H3. The molecule has 2 aliphatic rings. The SMILES string of the molecule is COc1cc2ccnc3c2c(c1OC)-c1cc2c(cc1-3)OCO2. The Kier molecular flexibility index (Phi) is 2.34. The van der Waals surface area contributed by atoms with Crippen LogP contribution >= 0.6 is 0 Å². The smallest absolute Gasteiger partial charge is 0.231 e. The fourth-order valence-electron chi connectivity index (χ4n) is 3.46. The lowest BCUT2D eigenvalue weighted by Gasteiger charge is -2.13. The summed E-state index contributed by atoms with van der Waals surface area (Å²) in [5.41, 5.74) is 4.00. The van der Waals surface area contributed by atoms with Gasteiger partial charge in [-0.05, 0) is 35.2 Å². The Balaban J connectivity index is 1.96. The Morgan fingerprint density at radius 3 is 2.52 bits per heavy atom. The van der Waals surface area contributed by atoms with Gasteiger partial charge in [0.25, 0.3) is 0 Å². The molecule has 0 amide bonds. The third-order valence-electron chi connectivity index (χ3n) is 4.43. The molecule has 0 radical (unpaired) electrons. The van der Waals surface area contributed by atoms with E-state index in [1.54, 1.807) is 14.2 Å². The van der Waals surface area contributed by atoms with E-state index in [1.807, 2.05) is 30.5 Å². The largest absolute Gasteiger partial charge is 0.493 e. The van der Waals surface area contributed by atoms with Crippen molar-refractivity contribution >= 4 is 10.8 Å². The van der Waals surface area contributed by atoms with Crippen LogP contribution in [0.2, 0.25) is 0 Å². The molecule has 0 atom stereocenters. The molecule has 1 aliphatic heterocycles. The number of methoxy groups -OCH3 is 2. The molecule has 23 heavy (non-hydrogen) atoms. The minimum Gasteiger partial charge on any atom is -0.493 e. The quantitative estimate of drug-likeness (QED) is 0.566. The summed E-state index contributed by atoms with van der Waals surface area (Å²) >= 11 is 0. The highest BCUT2D eigenvalue weighted by Gasteiger charge is 2.31. The van der Waals surface area contributed by atoms with Crippen molar-refractivity contribution in [2.45, 2.75) is 0 Å². The number of hydrogen-bond donors (Lipinski definition) is 0. The molecule has 5 heteroatoms. The predicted octanol–water partition coefficient (Wildman–Crippen LogP) is 3.63. The van der Waals surface area contributed by atoms with Crippen LogP contribution in [0.25, 0.3) is 33.2 Å². The third-order valence-corrected chi connectivity index (χ3v) is 4.43. The molecule has 5 rings (SSSR count). The van der Waals surface area contributed by atoms with Crippen molar-refractivity contribution in [1.29, 1.82) is 0 Å². The van der Waals surface area contributed by atoms with Gasteiger partial charge in [0.05, 0.1) is 19.9 Å². The molecule has 0 spiro atoms. The van der Waals surface area contributed by atoms with Gasteiger partial charge in [-0.1, -0.05) is 0 Å². The van der Waals surface area contributed by atoms with Crippen LogP contribution in [0.4, 0.5) is 0 Å². The molecule has 1 aromatic heterocycles. The average molecular weight is 307 g/mol. The number of aromatic nitrogens is 1. The van der Waals surface area contributed by atoms with E-state index in [0.29, 0.717) is 11.5 Å². The summed E-state index contributed by atoms with van der Waals surface area (Å²) in [5.74, 6) is 2.92. The van der Waals surface area contributed by atoms with Crippen LogP contribution in [-0.2, 0) is 0 Å². The van der Waals surface area contributed by atoms with Gasteiger partial charge in [0.2, 0.25) is 6.79 Å². The van der Waals surface area contributed by atoms with Crippen molar-refractivity contribution in [1.82, 2.24) is 4.98 Å². The molecule has 2 aromatic carbocycles. The fraction of sp³-hybridized carbons (Fsp3) is 0.167. The van der Waals surface area contributed by atoms with Crippen molar-refractivity contribution < 1.29 is 18.9 Å². The summed E-state index contributed by atoms with van der Waals surface area (Å²) in [5, 5.41) is 2.14. The highest BCUT2D eigenvalue weighted by Crippen LogP contribution is 2.56. The van der Waals surface area contributed by atoms with Gasteiger partial charge in [-0.25, -0.2) is 0 Å². The minimum absolute atomic E-state index is 0.248. The molecule has 1 aliphatic carbocycles. The van der Waals surface area contributed by atoms with E-state index in [-0.39, 0.29) is 6.79 Å². The van der Waals surface area contributed by atoms with Gasteiger partial charge in [0.1, 0.15) is 0 Å². The fourth-order valence-corrected chi connectivity index (χ4v) is 3.46. The molecular weight excluding hydrogens is 294 g/mol. The average Bonchev–Trinajstić information content (AvgIpc) is 3.17. The van der Waals surface area contributed by atoms with Crippen molar-refractivity contribution in [2.75, 3.05) is 21.0 Å². The van der Waals surface area contributed by atoms with E-state index < -0.39 is 0 Å². The first-order valence-corrected chi connectivity index (χ1v) is 7.30. The Labute approximate surface area is 132 Å². The number of pyridine rings is 1. The summed E-state index contributed by atoms with van der Waals surface area (Å²) in [6.45, 7) is 0.248. The van der Waals surface area contributed by atoms with E-state index in [4.69, 9.17) is 18.9 Å². The second-order valence-corrected chi connectivity index (χ2v) is 5.50. The van der Waals surface area contributed by atoms with E-state index in [2.05, 4.69) is 4.98 Å². The summed E-state index contributed by atoms with van der Waals surface area (Å²) in [7, 11) is 3.30. The molecular formula is C18H13NO4. The van der Waals surface area contributed by atoms with Gasteiger partial charge >= 0.3 is 0 Å². The van der Waals surface area contributed by atoms with Gasteiger partial charge in [-0.2, -0.15) is 0 Å². The lowest BCUT2D eigenvalue weighted by atomic mass is 10.0. The first-order valence-electron chi connectivity index (χ1n) is 7.30. The predicted molar refractivity (Wildman–Crippen MR) is 85.4 cm³/mol. The zero-order valence-electron chi connectivity index (χ0n) is 12.7. The van der Waals surface area contributed by atoms with Gasteiger partial charge in [-0.3, -0.25) is 4.98 Å². The second-order valence-electron chi connectivity index (χ2n) is 5.50. The maximum absolute atomic E-state index is 5.65. The number of rotatable bonds is 2. The maximum atomic E-state index is 5.65. The normalized spacial score (nSPS) is 13.3. The molecule has 114 valence electrons. The van der Waals surface area contributed by atoms with Crippen LogP contribution in [0.15, 0.2) is 30.5 Å². The lowest BCUT2D eigenvalue weighted by molar-refractivity contribution is 0.174. The summed E-state index contributed by atoms with van der Waals surface area (Å²) in [6, 6.07) is 7.95. The van der Waals surface area contributed by atoms with Gasteiger partial charge in [0.15, 0.2) is 23.0 Å². The molecule has 0 fully saturated rings. The molecule has 5 nitrogen and oxygen atoms in total. The molecule has 0 N–H and O–H groups in total. The number of fused-ring (bicyclic) bond motifs is 4. The van der Waals surface area contributed by atoms with Crippen molar-refractivity contribution in [3.8, 4) is 45.4 Å². The molecule has 0 saturated heterocycles. The van der Waals surface area contributed by atoms with Crippen LogP contribution in [0.1, 0.15) is 0 Å². The summed E-state index contributed by atoms with van der Waals surface area (Å²) in [4.78, 5) is 4.58. The Bertz CT molecular complexity index is 981. The van der Waals surface area contributed by atoms with Crippen LogP contribution in [0, 0.1) is 0 Å². The first kappa shape index (κ1) is 12.6. The molecule has 3 aromatic rings. The van der Waals surface area contributed by atoms with E-state index in [9.17, 15) is 0 Å². The van der Waals surface area contributed by atoms with Crippen LogP contribution in [-0.4, -0.2) is 26.0 Å². The zero-order chi connectivity index (χ0) is 15.6. The monoisotopic (exact) mass is 307 g/mol. The van der Waals surface area contributed by atoms with Gasteiger partial charge in [-0.15, -0.1) is 0 Å². The summed E-state index contributed by atoms with van der Waals surface area (Å²) < 4.78 is 22.2. The molecule has 0 unspecified atom stereocenters. The highest BCUT2D eigenvalue weighted by molar-refractivity contribution is 6.17. The van der Waals surface area contributed by atoms with E-state index in [1.165, 1.54) is 0 Å². The number of nitrogens with zero attached hydrogens (tertiary/aromatic N) is 1. The Morgan fingerprint density at radius 2 is 1.78 bits per heavy atom. The maximum Gasteiger partial charge on any atom is 0.231 e. The van der Waals surface area contributed by atoms with Crippen molar-refractivity contribution in [3.63, 3.8) is 0 Å². The Hall–Kier alpha value is -2.95.